The van der Waals surface area contributed by atoms with Crippen LogP contribution in [-0.2, 0) is 17.6 Å². The third-order valence-electron chi connectivity index (χ3n) is 3.64. The first-order valence-electron chi connectivity index (χ1n) is 6.21. The Bertz CT molecular complexity index is 643. The van der Waals surface area contributed by atoms with Gasteiger partial charge < -0.3 is 14.5 Å². The van der Waals surface area contributed by atoms with Crippen LogP contribution < -0.4 is 4.74 Å². The van der Waals surface area contributed by atoms with E-state index in [2.05, 4.69) is 4.98 Å². The van der Waals surface area contributed by atoms with Crippen LogP contribution in [0.1, 0.15) is 21.5 Å². The van der Waals surface area contributed by atoms with Crippen LogP contribution in [0.2, 0.25) is 0 Å². The van der Waals surface area contributed by atoms with E-state index in [0.29, 0.717) is 5.56 Å². The zero-order valence-electron chi connectivity index (χ0n) is 10.9. The fourth-order valence-electron chi connectivity index (χ4n) is 2.74. The fraction of sp³-hybridized carbons (Fsp3) is 0.267. The topological polar surface area (TPSA) is 51.3 Å². The highest BCUT2D eigenvalue weighted by Gasteiger charge is 2.25. The number of carbonyl (C=O) groups is 1. The van der Waals surface area contributed by atoms with Gasteiger partial charge >= 0.3 is 5.97 Å². The Morgan fingerprint density at radius 1 is 1.21 bits per heavy atom. The van der Waals surface area contributed by atoms with Gasteiger partial charge in [0.15, 0.2) is 0 Å². The number of ether oxygens (including phenoxy) is 2. The quantitative estimate of drug-likeness (QED) is 0.841. The van der Waals surface area contributed by atoms with Crippen molar-refractivity contribution in [3.8, 4) is 17.0 Å². The van der Waals surface area contributed by atoms with E-state index in [1.165, 1.54) is 12.7 Å². The van der Waals surface area contributed by atoms with Crippen molar-refractivity contribution in [1.82, 2.24) is 4.98 Å². The molecule has 2 aromatic rings. The zero-order chi connectivity index (χ0) is 13.4. The maximum atomic E-state index is 11.7. The first kappa shape index (κ1) is 11.8. The second kappa shape index (κ2) is 4.46. The molecule has 0 saturated carbocycles. The number of carbonyl (C=O) groups excluding carboxylic acids is 1. The summed E-state index contributed by atoms with van der Waals surface area (Å²) < 4.78 is 10.2. The van der Waals surface area contributed by atoms with Gasteiger partial charge in [-0.1, -0.05) is 12.1 Å². The lowest BCUT2D eigenvalue weighted by molar-refractivity contribution is 0.0600. The highest BCUT2D eigenvalue weighted by molar-refractivity contribution is 5.94. The summed E-state index contributed by atoms with van der Waals surface area (Å²) in [5.41, 5.74) is 4.96. The largest absolute Gasteiger partial charge is 0.496 e. The van der Waals surface area contributed by atoms with Crippen molar-refractivity contribution < 1.29 is 14.3 Å². The molecular formula is C15H15NO3. The molecule has 1 N–H and O–H groups in total. The van der Waals surface area contributed by atoms with Crippen LogP contribution >= 0.6 is 0 Å². The minimum Gasteiger partial charge on any atom is -0.496 e. The number of hydrogen-bond donors (Lipinski definition) is 1. The summed E-state index contributed by atoms with van der Waals surface area (Å²) in [7, 11) is 3.08. The van der Waals surface area contributed by atoms with Crippen molar-refractivity contribution in [3.63, 3.8) is 0 Å². The zero-order valence-corrected chi connectivity index (χ0v) is 10.9. The summed E-state index contributed by atoms with van der Waals surface area (Å²) in [6, 6.07) is 5.98. The molecule has 0 spiro atoms. The van der Waals surface area contributed by atoms with E-state index >= 15 is 0 Å². The Morgan fingerprint density at radius 3 is 2.74 bits per heavy atom. The van der Waals surface area contributed by atoms with Gasteiger partial charge in [-0.15, -0.1) is 0 Å². The molecule has 1 aliphatic rings. The van der Waals surface area contributed by atoms with Crippen molar-refractivity contribution >= 4 is 5.97 Å². The number of nitrogens with one attached hydrogen (secondary N) is 1. The number of hydrogen-bond acceptors (Lipinski definition) is 3. The van der Waals surface area contributed by atoms with E-state index in [9.17, 15) is 4.79 Å². The van der Waals surface area contributed by atoms with Gasteiger partial charge in [-0.25, -0.2) is 4.79 Å². The molecule has 1 aromatic carbocycles. The van der Waals surface area contributed by atoms with Crippen LogP contribution in [0.3, 0.4) is 0 Å². The third-order valence-corrected chi connectivity index (χ3v) is 3.64. The molecule has 0 aliphatic heterocycles. The number of fused-ring (bicyclic) bond motifs is 3. The van der Waals surface area contributed by atoms with E-state index < -0.39 is 0 Å². The van der Waals surface area contributed by atoms with Crippen molar-refractivity contribution in [2.75, 3.05) is 14.2 Å². The molecule has 19 heavy (non-hydrogen) atoms. The molecule has 1 aromatic heterocycles. The van der Waals surface area contributed by atoms with Gasteiger partial charge in [0.05, 0.1) is 19.8 Å². The fourth-order valence-corrected chi connectivity index (χ4v) is 2.74. The number of H-pyrrole nitrogens is 1. The van der Waals surface area contributed by atoms with Crippen molar-refractivity contribution in [2.45, 2.75) is 12.8 Å². The van der Waals surface area contributed by atoms with E-state index in [1.54, 1.807) is 13.3 Å². The predicted molar refractivity (Wildman–Crippen MR) is 71.5 cm³/mol. The lowest BCUT2D eigenvalue weighted by Gasteiger charge is -2.19. The highest BCUT2D eigenvalue weighted by Crippen LogP contribution is 2.38. The molecule has 0 saturated heterocycles. The number of aromatic amines is 1. The Kier molecular flexibility index (Phi) is 2.78. The second-order valence-electron chi connectivity index (χ2n) is 4.53. The van der Waals surface area contributed by atoms with Gasteiger partial charge in [0.2, 0.25) is 0 Å². The van der Waals surface area contributed by atoms with Gasteiger partial charge in [-0.2, -0.15) is 0 Å². The molecule has 4 nitrogen and oxygen atoms in total. The predicted octanol–water partition coefficient (Wildman–Crippen LogP) is 2.58. The van der Waals surface area contributed by atoms with Crippen LogP contribution in [0.15, 0.2) is 24.4 Å². The van der Waals surface area contributed by atoms with Gasteiger partial charge in [0.25, 0.3) is 0 Å². The average Bonchev–Trinajstić information content (AvgIpc) is 2.90. The monoisotopic (exact) mass is 257 g/mol. The number of esters is 1. The molecule has 0 radical (unpaired) electrons. The Balaban J connectivity index is 2.16. The second-order valence-corrected chi connectivity index (χ2v) is 4.53. The van der Waals surface area contributed by atoms with Gasteiger partial charge in [-0.3, -0.25) is 0 Å². The average molecular weight is 257 g/mol. The molecule has 1 aliphatic carbocycles. The molecule has 98 valence electrons. The van der Waals surface area contributed by atoms with Crippen LogP contribution in [0.4, 0.5) is 0 Å². The Morgan fingerprint density at radius 2 is 2.00 bits per heavy atom. The number of benzene rings is 1. The highest BCUT2D eigenvalue weighted by atomic mass is 16.5. The molecule has 0 bridgehead atoms. The minimum atomic E-state index is -0.288. The Hall–Kier alpha value is -2.23. The summed E-state index contributed by atoms with van der Waals surface area (Å²) in [4.78, 5) is 14.9. The maximum absolute atomic E-state index is 11.7. The summed E-state index contributed by atoms with van der Waals surface area (Å²) in [5.74, 6) is 0.612. The molecule has 0 amide bonds. The lowest BCUT2D eigenvalue weighted by atomic mass is 9.88. The van der Waals surface area contributed by atoms with Gasteiger partial charge in [0, 0.05) is 23.0 Å². The number of rotatable bonds is 2. The van der Waals surface area contributed by atoms with Gasteiger partial charge in [-0.05, 0) is 24.5 Å². The van der Waals surface area contributed by atoms with Crippen molar-refractivity contribution in [1.29, 1.82) is 0 Å². The first-order chi connectivity index (χ1) is 9.26. The van der Waals surface area contributed by atoms with Crippen LogP contribution in [0.5, 0.6) is 5.75 Å². The van der Waals surface area contributed by atoms with Crippen molar-refractivity contribution in [3.05, 3.63) is 41.1 Å². The molecule has 4 heteroatoms. The smallest absolute Gasteiger partial charge is 0.339 e. The first-order valence-corrected chi connectivity index (χ1v) is 6.21. The summed E-state index contributed by atoms with van der Waals surface area (Å²) >= 11 is 0. The summed E-state index contributed by atoms with van der Waals surface area (Å²) in [5, 5.41) is 0. The summed E-state index contributed by atoms with van der Waals surface area (Å²) in [6.07, 6.45) is 3.41. The molecule has 3 rings (SSSR count). The van der Waals surface area contributed by atoms with E-state index in [4.69, 9.17) is 9.47 Å². The van der Waals surface area contributed by atoms with Crippen molar-refractivity contribution in [2.24, 2.45) is 0 Å². The Labute approximate surface area is 111 Å². The summed E-state index contributed by atoms with van der Waals surface area (Å²) in [6.45, 7) is 0. The normalized spacial score (nSPS) is 12.5. The minimum absolute atomic E-state index is 0.288. The molecular weight excluding hydrogens is 242 g/mol. The van der Waals surface area contributed by atoms with E-state index in [0.717, 1.165) is 35.4 Å². The van der Waals surface area contributed by atoms with Crippen LogP contribution in [0.25, 0.3) is 11.3 Å². The standard InChI is InChI=1S/C15H15NO3/c1-18-13-5-3-4-10-9(13)6-7-11-12(15(17)19-2)8-16-14(10)11/h3-5,8,16H,6-7H2,1-2H3. The van der Waals surface area contributed by atoms with E-state index in [-0.39, 0.29) is 5.97 Å². The van der Waals surface area contributed by atoms with Gasteiger partial charge in [0.1, 0.15) is 5.75 Å². The molecule has 1 heterocycles. The lowest BCUT2D eigenvalue weighted by Crippen LogP contribution is -2.09. The van der Waals surface area contributed by atoms with Crippen LogP contribution in [-0.4, -0.2) is 25.2 Å². The van der Waals surface area contributed by atoms with Crippen LogP contribution in [0, 0.1) is 0 Å². The molecule has 0 unspecified atom stereocenters. The molecule has 0 atom stereocenters. The number of methoxy groups -OCH3 is 2. The maximum Gasteiger partial charge on any atom is 0.339 e. The molecule has 0 fully saturated rings. The number of aromatic nitrogens is 1. The SMILES string of the molecule is COC(=O)c1c[nH]c2c1CCc1c(OC)cccc1-2. The van der Waals surface area contributed by atoms with E-state index in [1.807, 2.05) is 18.2 Å². The third kappa shape index (κ3) is 1.71.